The molecule has 0 saturated carbocycles. The fraction of sp³-hybridized carbons (Fsp3) is 0.455. The summed E-state index contributed by atoms with van der Waals surface area (Å²) in [5.74, 6) is 1.46. The third-order valence-corrected chi connectivity index (χ3v) is 2.59. The van der Waals surface area contributed by atoms with Gasteiger partial charge < -0.3 is 4.74 Å². The van der Waals surface area contributed by atoms with Crippen LogP contribution in [0.2, 0.25) is 0 Å². The van der Waals surface area contributed by atoms with E-state index in [-0.39, 0.29) is 5.82 Å². The Bertz CT molecular complexity index is 289. The van der Waals surface area contributed by atoms with E-state index < -0.39 is 0 Å². The fourth-order valence-electron chi connectivity index (χ4n) is 1.06. The molecule has 1 aromatic rings. The van der Waals surface area contributed by atoms with E-state index in [0.29, 0.717) is 11.5 Å². The van der Waals surface area contributed by atoms with Crippen molar-refractivity contribution in [3.8, 4) is 5.75 Å². The number of benzene rings is 1. The Morgan fingerprint density at radius 1 is 1.36 bits per heavy atom. The molecule has 0 aromatic heterocycles. The highest BCUT2D eigenvalue weighted by Crippen LogP contribution is 2.26. The van der Waals surface area contributed by atoms with Gasteiger partial charge in [0.15, 0.2) is 0 Å². The molecule has 1 rings (SSSR count). The smallest absolute Gasteiger partial charge is 0.137 e. The molecule has 0 bridgehead atoms. The molecule has 0 spiro atoms. The van der Waals surface area contributed by atoms with Gasteiger partial charge in [-0.2, -0.15) is 0 Å². The van der Waals surface area contributed by atoms with Gasteiger partial charge in [-0.15, -0.1) is 11.8 Å². The summed E-state index contributed by atoms with van der Waals surface area (Å²) in [6, 6.07) is 4.90. The van der Waals surface area contributed by atoms with Gasteiger partial charge in [-0.3, -0.25) is 0 Å². The predicted octanol–water partition coefficient (Wildman–Crippen LogP) is 3.73. The summed E-state index contributed by atoms with van der Waals surface area (Å²) in [5, 5.41) is 0. The Morgan fingerprint density at radius 2 is 2.14 bits per heavy atom. The zero-order valence-corrected chi connectivity index (χ0v) is 9.36. The summed E-state index contributed by atoms with van der Waals surface area (Å²) < 4.78 is 18.6. The van der Waals surface area contributed by atoms with Crippen molar-refractivity contribution in [2.24, 2.45) is 0 Å². The van der Waals surface area contributed by atoms with Crippen LogP contribution in [0.15, 0.2) is 23.1 Å². The van der Waals surface area contributed by atoms with Gasteiger partial charge in [-0.05, 0) is 30.4 Å². The van der Waals surface area contributed by atoms with Crippen LogP contribution in [-0.4, -0.2) is 12.4 Å². The summed E-state index contributed by atoms with van der Waals surface area (Å²) in [7, 11) is 0. The molecule has 0 amide bonds. The van der Waals surface area contributed by atoms with Crippen molar-refractivity contribution in [2.75, 3.05) is 12.4 Å². The molecule has 3 heteroatoms. The van der Waals surface area contributed by atoms with Crippen molar-refractivity contribution in [2.45, 2.75) is 25.2 Å². The van der Waals surface area contributed by atoms with Crippen LogP contribution in [0.5, 0.6) is 5.75 Å². The van der Waals surface area contributed by atoms with Crippen molar-refractivity contribution in [3.05, 3.63) is 24.0 Å². The highest BCUT2D eigenvalue weighted by Gasteiger charge is 2.03. The van der Waals surface area contributed by atoms with E-state index in [1.54, 1.807) is 12.1 Å². The molecule has 0 atom stereocenters. The number of hydrogen-bond acceptors (Lipinski definition) is 2. The molecular weight excluding hydrogens is 199 g/mol. The first-order valence-electron chi connectivity index (χ1n) is 4.83. The Morgan fingerprint density at radius 3 is 2.79 bits per heavy atom. The van der Waals surface area contributed by atoms with Crippen molar-refractivity contribution in [1.29, 1.82) is 0 Å². The van der Waals surface area contributed by atoms with Crippen LogP contribution < -0.4 is 4.74 Å². The van der Waals surface area contributed by atoms with Crippen LogP contribution in [0.4, 0.5) is 4.39 Å². The van der Waals surface area contributed by atoms with Gasteiger partial charge in [0.05, 0.1) is 6.61 Å². The molecule has 0 aliphatic heterocycles. The average molecular weight is 214 g/mol. The van der Waals surface area contributed by atoms with E-state index in [9.17, 15) is 4.39 Å². The largest absolute Gasteiger partial charge is 0.494 e. The number of hydrogen-bond donors (Lipinski definition) is 0. The van der Waals surface area contributed by atoms with Crippen molar-refractivity contribution in [3.63, 3.8) is 0 Å². The third-order valence-electron chi connectivity index (χ3n) is 1.68. The van der Waals surface area contributed by atoms with E-state index in [1.165, 1.54) is 17.8 Å². The SMILES string of the molecule is CCCOc1ccc(F)c(SCC)c1. The summed E-state index contributed by atoms with van der Waals surface area (Å²) in [6.07, 6.45) is 0.966. The van der Waals surface area contributed by atoms with Crippen LogP contribution >= 0.6 is 11.8 Å². The summed E-state index contributed by atoms with van der Waals surface area (Å²) >= 11 is 1.49. The number of thioether (sulfide) groups is 1. The summed E-state index contributed by atoms with van der Waals surface area (Å²) in [5.41, 5.74) is 0. The second-order valence-electron chi connectivity index (χ2n) is 2.87. The van der Waals surface area contributed by atoms with Gasteiger partial charge in [-0.1, -0.05) is 13.8 Å². The molecule has 0 saturated heterocycles. The lowest BCUT2D eigenvalue weighted by Crippen LogP contribution is -1.95. The topological polar surface area (TPSA) is 9.23 Å². The van der Waals surface area contributed by atoms with Crippen molar-refractivity contribution < 1.29 is 9.13 Å². The van der Waals surface area contributed by atoms with E-state index in [1.807, 2.05) is 13.8 Å². The van der Waals surface area contributed by atoms with Gasteiger partial charge in [0.2, 0.25) is 0 Å². The normalized spacial score (nSPS) is 10.2. The van der Waals surface area contributed by atoms with Crippen LogP contribution in [0.1, 0.15) is 20.3 Å². The lowest BCUT2D eigenvalue weighted by Gasteiger charge is -2.06. The molecule has 0 aliphatic rings. The van der Waals surface area contributed by atoms with Gasteiger partial charge in [0.1, 0.15) is 11.6 Å². The molecule has 0 heterocycles. The van der Waals surface area contributed by atoms with Crippen LogP contribution in [0.3, 0.4) is 0 Å². The van der Waals surface area contributed by atoms with Crippen molar-refractivity contribution in [1.82, 2.24) is 0 Å². The molecule has 0 aliphatic carbocycles. The Hall–Kier alpha value is -0.700. The maximum atomic E-state index is 13.2. The molecular formula is C11H15FOS. The molecule has 78 valence electrons. The third kappa shape index (κ3) is 3.22. The Labute approximate surface area is 88.7 Å². The standard InChI is InChI=1S/C11H15FOS/c1-3-7-13-9-5-6-10(12)11(8-9)14-4-2/h5-6,8H,3-4,7H2,1-2H3. The lowest BCUT2D eigenvalue weighted by atomic mass is 10.3. The quantitative estimate of drug-likeness (QED) is 0.691. The van der Waals surface area contributed by atoms with E-state index >= 15 is 0 Å². The first-order valence-corrected chi connectivity index (χ1v) is 5.81. The first-order chi connectivity index (χ1) is 6.77. The zero-order chi connectivity index (χ0) is 10.4. The van der Waals surface area contributed by atoms with Crippen molar-refractivity contribution >= 4 is 11.8 Å². The average Bonchev–Trinajstić information content (AvgIpc) is 2.19. The van der Waals surface area contributed by atoms with Gasteiger partial charge >= 0.3 is 0 Å². The molecule has 0 radical (unpaired) electrons. The van der Waals surface area contributed by atoms with E-state index in [0.717, 1.165) is 17.9 Å². The van der Waals surface area contributed by atoms with Crippen LogP contribution in [-0.2, 0) is 0 Å². The Balaban J connectivity index is 2.72. The highest BCUT2D eigenvalue weighted by molar-refractivity contribution is 7.99. The zero-order valence-electron chi connectivity index (χ0n) is 8.55. The predicted molar refractivity (Wildman–Crippen MR) is 58.6 cm³/mol. The number of halogens is 1. The number of rotatable bonds is 5. The minimum absolute atomic E-state index is 0.166. The first kappa shape index (κ1) is 11.4. The van der Waals surface area contributed by atoms with Gasteiger partial charge in [0.25, 0.3) is 0 Å². The molecule has 14 heavy (non-hydrogen) atoms. The highest BCUT2D eigenvalue weighted by atomic mass is 32.2. The molecule has 1 nitrogen and oxygen atoms in total. The number of ether oxygens (including phenoxy) is 1. The molecule has 0 fully saturated rings. The van der Waals surface area contributed by atoms with E-state index in [2.05, 4.69) is 0 Å². The lowest BCUT2D eigenvalue weighted by molar-refractivity contribution is 0.316. The second-order valence-corrected chi connectivity index (χ2v) is 4.18. The van der Waals surface area contributed by atoms with Gasteiger partial charge in [0, 0.05) is 4.90 Å². The van der Waals surface area contributed by atoms with Crippen LogP contribution in [0.25, 0.3) is 0 Å². The second kappa shape index (κ2) is 5.91. The molecule has 0 unspecified atom stereocenters. The van der Waals surface area contributed by atoms with E-state index in [4.69, 9.17) is 4.74 Å². The maximum Gasteiger partial charge on any atom is 0.137 e. The van der Waals surface area contributed by atoms with Gasteiger partial charge in [-0.25, -0.2) is 4.39 Å². The molecule has 1 aromatic carbocycles. The summed E-state index contributed by atoms with van der Waals surface area (Å²) in [6.45, 7) is 4.73. The minimum Gasteiger partial charge on any atom is -0.494 e. The minimum atomic E-state index is -0.166. The van der Waals surface area contributed by atoms with Crippen LogP contribution in [0, 0.1) is 5.82 Å². The Kier molecular flexibility index (Phi) is 4.80. The monoisotopic (exact) mass is 214 g/mol. The molecule has 0 N–H and O–H groups in total. The maximum absolute atomic E-state index is 13.2. The fourth-order valence-corrected chi connectivity index (χ4v) is 1.78. The summed E-state index contributed by atoms with van der Waals surface area (Å²) in [4.78, 5) is 0.668.